The third-order valence-corrected chi connectivity index (χ3v) is 3.01. The minimum absolute atomic E-state index is 0.215. The number of carboxylic acid groups (broad SMARTS) is 1. The molecule has 0 bridgehead atoms. The van der Waals surface area contributed by atoms with E-state index in [2.05, 4.69) is 30.6 Å². The van der Waals surface area contributed by atoms with Crippen molar-refractivity contribution < 1.29 is 14.7 Å². The van der Waals surface area contributed by atoms with Crippen molar-refractivity contribution in [3.63, 3.8) is 0 Å². The van der Waals surface area contributed by atoms with Crippen molar-refractivity contribution in [3.05, 3.63) is 0 Å². The van der Waals surface area contributed by atoms with Crippen LogP contribution in [0.1, 0.15) is 20.3 Å². The molecule has 6 heteroatoms. The first-order valence-electron chi connectivity index (χ1n) is 5.17. The zero-order valence-corrected chi connectivity index (χ0v) is 11.3. The van der Waals surface area contributed by atoms with Gasteiger partial charge in [0.05, 0.1) is 5.92 Å². The number of amides is 1. The molecule has 1 atom stereocenters. The average Bonchev–Trinajstić information content (AvgIpc) is 2.17. The zero-order chi connectivity index (χ0) is 12.7. The van der Waals surface area contributed by atoms with Gasteiger partial charge in [0.15, 0.2) is 0 Å². The van der Waals surface area contributed by atoms with E-state index in [1.54, 1.807) is 0 Å². The highest BCUT2D eigenvalue weighted by atomic mass is 32.1. The molecule has 0 fully saturated rings. The third kappa shape index (κ3) is 5.65. The van der Waals surface area contributed by atoms with Crippen LogP contribution < -0.4 is 5.32 Å². The minimum atomic E-state index is -1.00. The summed E-state index contributed by atoms with van der Waals surface area (Å²) in [6.45, 7) is 3.83. The van der Waals surface area contributed by atoms with E-state index in [1.165, 1.54) is 0 Å². The van der Waals surface area contributed by atoms with Gasteiger partial charge in [-0.25, -0.2) is 4.79 Å². The molecule has 1 amide bonds. The normalized spacial score (nSPS) is 12.9. The molecule has 0 aromatic carbocycles. The fourth-order valence-electron chi connectivity index (χ4n) is 1.21. The molecule has 16 heavy (non-hydrogen) atoms. The predicted molar refractivity (Wildman–Crippen MR) is 70.2 cm³/mol. The summed E-state index contributed by atoms with van der Waals surface area (Å²) in [5.41, 5.74) is 0. The lowest BCUT2D eigenvalue weighted by atomic mass is 10.0. The van der Waals surface area contributed by atoms with E-state index >= 15 is 0 Å². The van der Waals surface area contributed by atoms with Crippen LogP contribution in [0.2, 0.25) is 0 Å². The number of carbonyl (C=O) groups is 2. The van der Waals surface area contributed by atoms with Crippen molar-refractivity contribution in [2.45, 2.75) is 26.3 Å². The summed E-state index contributed by atoms with van der Waals surface area (Å²) in [7, 11) is 0. The van der Waals surface area contributed by atoms with Crippen molar-refractivity contribution in [1.82, 2.24) is 5.32 Å². The van der Waals surface area contributed by atoms with E-state index < -0.39 is 12.0 Å². The fourth-order valence-corrected chi connectivity index (χ4v) is 2.00. The van der Waals surface area contributed by atoms with Crippen LogP contribution in [0, 0.1) is 11.8 Å². The van der Waals surface area contributed by atoms with Gasteiger partial charge in [-0.05, 0) is 12.3 Å². The SMILES string of the molecule is CC(C)C[C@H](NC(=O)C(CS)CS)C(=O)O. The molecule has 0 saturated carbocycles. The van der Waals surface area contributed by atoms with Gasteiger partial charge in [0.1, 0.15) is 6.04 Å². The van der Waals surface area contributed by atoms with Crippen LogP contribution in [0.5, 0.6) is 0 Å². The van der Waals surface area contributed by atoms with Gasteiger partial charge in [0.2, 0.25) is 5.91 Å². The Morgan fingerprint density at radius 3 is 2.06 bits per heavy atom. The van der Waals surface area contributed by atoms with E-state index in [9.17, 15) is 9.59 Å². The molecule has 0 heterocycles. The van der Waals surface area contributed by atoms with E-state index in [0.717, 1.165) is 0 Å². The first-order chi connectivity index (χ1) is 7.42. The number of carbonyl (C=O) groups excluding carboxylic acids is 1. The van der Waals surface area contributed by atoms with Crippen LogP contribution >= 0.6 is 25.3 Å². The van der Waals surface area contributed by atoms with E-state index in [0.29, 0.717) is 17.9 Å². The number of rotatable bonds is 7. The van der Waals surface area contributed by atoms with Crippen LogP contribution in [0.3, 0.4) is 0 Å². The number of aliphatic carboxylic acids is 1. The van der Waals surface area contributed by atoms with Gasteiger partial charge in [-0.3, -0.25) is 4.79 Å². The Balaban J connectivity index is 4.39. The standard InChI is InChI=1S/C10H19NO3S2/c1-6(2)3-8(10(13)14)11-9(12)7(4-15)5-16/h6-8,15-16H,3-5H2,1-2H3,(H,11,12)(H,13,14)/t8-/m0/s1. The molecular formula is C10H19NO3S2. The topological polar surface area (TPSA) is 66.4 Å². The van der Waals surface area contributed by atoms with Crippen LogP contribution in [0.15, 0.2) is 0 Å². The Hall–Kier alpha value is -0.360. The molecule has 0 aromatic rings. The van der Waals surface area contributed by atoms with E-state index in [1.807, 2.05) is 13.8 Å². The van der Waals surface area contributed by atoms with Crippen molar-refractivity contribution >= 4 is 37.1 Å². The lowest BCUT2D eigenvalue weighted by Crippen LogP contribution is -2.45. The maximum absolute atomic E-state index is 11.6. The summed E-state index contributed by atoms with van der Waals surface area (Å²) in [4.78, 5) is 22.5. The van der Waals surface area contributed by atoms with Gasteiger partial charge in [0.25, 0.3) is 0 Å². The van der Waals surface area contributed by atoms with Gasteiger partial charge in [-0.2, -0.15) is 25.3 Å². The summed E-state index contributed by atoms with van der Waals surface area (Å²) < 4.78 is 0. The lowest BCUT2D eigenvalue weighted by molar-refractivity contribution is -0.142. The molecule has 0 aliphatic carbocycles. The highest BCUT2D eigenvalue weighted by Gasteiger charge is 2.24. The Bertz CT molecular complexity index is 242. The molecule has 4 nitrogen and oxygen atoms in total. The predicted octanol–water partition coefficient (Wildman–Crippen LogP) is 1.08. The van der Waals surface area contributed by atoms with Crippen molar-refractivity contribution in [3.8, 4) is 0 Å². The first-order valence-corrected chi connectivity index (χ1v) is 6.43. The fraction of sp³-hybridized carbons (Fsp3) is 0.800. The smallest absolute Gasteiger partial charge is 0.326 e. The maximum Gasteiger partial charge on any atom is 0.326 e. The number of hydrogen-bond donors (Lipinski definition) is 4. The average molecular weight is 265 g/mol. The number of thiol groups is 2. The molecular weight excluding hydrogens is 246 g/mol. The molecule has 0 aliphatic heterocycles. The van der Waals surface area contributed by atoms with Gasteiger partial charge in [-0.1, -0.05) is 13.8 Å². The van der Waals surface area contributed by atoms with E-state index in [-0.39, 0.29) is 17.7 Å². The highest BCUT2D eigenvalue weighted by molar-refractivity contribution is 7.81. The molecule has 0 saturated heterocycles. The molecule has 0 radical (unpaired) electrons. The Morgan fingerprint density at radius 2 is 1.75 bits per heavy atom. The quantitative estimate of drug-likeness (QED) is 0.521. The maximum atomic E-state index is 11.6. The summed E-state index contributed by atoms with van der Waals surface area (Å²) in [5.74, 6) is -0.697. The van der Waals surface area contributed by atoms with Crippen molar-refractivity contribution in [2.75, 3.05) is 11.5 Å². The first kappa shape index (κ1) is 15.6. The number of carboxylic acids is 1. The van der Waals surface area contributed by atoms with Crippen LogP contribution in [-0.4, -0.2) is 34.5 Å². The summed E-state index contributed by atoms with van der Waals surface area (Å²) in [6, 6.07) is -0.824. The second kappa shape index (κ2) is 7.84. The Labute approximate surface area is 107 Å². The largest absolute Gasteiger partial charge is 0.480 e. The van der Waals surface area contributed by atoms with Gasteiger partial charge in [-0.15, -0.1) is 0 Å². The molecule has 94 valence electrons. The van der Waals surface area contributed by atoms with E-state index in [4.69, 9.17) is 5.11 Å². The third-order valence-electron chi connectivity index (χ3n) is 2.13. The van der Waals surface area contributed by atoms with Crippen LogP contribution in [0.4, 0.5) is 0 Å². The zero-order valence-electron chi connectivity index (χ0n) is 9.51. The second-order valence-corrected chi connectivity index (χ2v) is 4.82. The van der Waals surface area contributed by atoms with Gasteiger partial charge >= 0.3 is 5.97 Å². The summed E-state index contributed by atoms with van der Waals surface area (Å²) in [5, 5.41) is 11.5. The van der Waals surface area contributed by atoms with Crippen molar-refractivity contribution in [2.24, 2.45) is 11.8 Å². The number of hydrogen-bond acceptors (Lipinski definition) is 4. The van der Waals surface area contributed by atoms with Gasteiger partial charge in [0, 0.05) is 11.5 Å². The monoisotopic (exact) mass is 265 g/mol. The number of nitrogens with one attached hydrogen (secondary N) is 1. The molecule has 0 aliphatic rings. The molecule has 2 N–H and O–H groups in total. The highest BCUT2D eigenvalue weighted by Crippen LogP contribution is 2.08. The minimum Gasteiger partial charge on any atom is -0.480 e. The Kier molecular flexibility index (Phi) is 7.66. The summed E-state index contributed by atoms with van der Waals surface area (Å²) >= 11 is 8.04. The molecule has 0 spiro atoms. The van der Waals surface area contributed by atoms with Crippen LogP contribution in [0.25, 0.3) is 0 Å². The molecule has 0 rings (SSSR count). The van der Waals surface area contributed by atoms with Gasteiger partial charge < -0.3 is 10.4 Å². The molecule has 0 aromatic heterocycles. The van der Waals surface area contributed by atoms with Crippen LogP contribution in [-0.2, 0) is 9.59 Å². The molecule has 0 unspecified atom stereocenters. The summed E-state index contributed by atoms with van der Waals surface area (Å²) in [6.07, 6.45) is 0.424. The van der Waals surface area contributed by atoms with Crippen molar-refractivity contribution in [1.29, 1.82) is 0 Å². The lowest BCUT2D eigenvalue weighted by Gasteiger charge is -2.19. The second-order valence-electron chi connectivity index (χ2n) is 4.09. The Morgan fingerprint density at radius 1 is 1.25 bits per heavy atom.